The van der Waals surface area contributed by atoms with Crippen LogP contribution in [0.25, 0.3) is 28.0 Å². The van der Waals surface area contributed by atoms with Gasteiger partial charge in [0, 0.05) is 11.1 Å². The third-order valence-corrected chi connectivity index (χ3v) is 5.91. The Kier molecular flexibility index (Phi) is 5.53. The molecule has 2 aromatic heterocycles. The zero-order chi connectivity index (χ0) is 23.3. The van der Waals surface area contributed by atoms with Gasteiger partial charge in [-0.2, -0.15) is 0 Å². The Morgan fingerprint density at radius 3 is 2.47 bits per heavy atom. The van der Waals surface area contributed by atoms with Crippen molar-refractivity contribution in [2.75, 3.05) is 5.32 Å². The molecule has 4 rings (SSSR count). The molecule has 0 atom stereocenters. The van der Waals surface area contributed by atoms with E-state index in [0.717, 1.165) is 40.2 Å². The summed E-state index contributed by atoms with van der Waals surface area (Å²) in [6, 6.07) is 12.8. The van der Waals surface area contributed by atoms with Crippen molar-refractivity contribution in [3.05, 3.63) is 58.6 Å². The SMILES string of the molecule is Cc1ccc(-c2c(NC(C)(C)CC(C)(C)C)[nH]c(=S)n2-c2ccc3nc[nH]c3c2)c(C)c1. The van der Waals surface area contributed by atoms with E-state index in [-0.39, 0.29) is 11.0 Å². The van der Waals surface area contributed by atoms with Gasteiger partial charge in [-0.05, 0) is 75.5 Å². The van der Waals surface area contributed by atoms with Crippen LogP contribution < -0.4 is 5.32 Å². The van der Waals surface area contributed by atoms with Crippen LogP contribution in [0.15, 0.2) is 42.7 Å². The van der Waals surface area contributed by atoms with Gasteiger partial charge in [0.2, 0.25) is 0 Å². The second kappa shape index (κ2) is 7.93. The molecule has 0 saturated carbocycles. The molecule has 0 radical (unpaired) electrons. The fraction of sp³-hybridized carbons (Fsp3) is 0.385. The lowest BCUT2D eigenvalue weighted by atomic mass is 9.82. The second-order valence-corrected chi connectivity index (χ2v) is 11.0. The number of fused-ring (bicyclic) bond motifs is 1. The number of rotatable bonds is 5. The van der Waals surface area contributed by atoms with Crippen LogP contribution in [0.3, 0.4) is 0 Å². The molecule has 0 unspecified atom stereocenters. The molecule has 2 heterocycles. The first kappa shape index (κ1) is 22.3. The molecular formula is C26H33N5S. The highest BCUT2D eigenvalue weighted by Crippen LogP contribution is 2.37. The first-order valence-corrected chi connectivity index (χ1v) is 11.5. The van der Waals surface area contributed by atoms with Crippen molar-refractivity contribution < 1.29 is 0 Å². The van der Waals surface area contributed by atoms with E-state index in [4.69, 9.17) is 12.2 Å². The van der Waals surface area contributed by atoms with Crippen molar-refractivity contribution in [3.63, 3.8) is 0 Å². The normalized spacial score (nSPS) is 12.5. The van der Waals surface area contributed by atoms with Crippen LogP contribution in [-0.4, -0.2) is 25.1 Å². The summed E-state index contributed by atoms with van der Waals surface area (Å²) >= 11 is 5.85. The van der Waals surface area contributed by atoms with E-state index in [0.29, 0.717) is 4.77 Å². The number of hydrogen-bond donors (Lipinski definition) is 3. The van der Waals surface area contributed by atoms with Crippen LogP contribution in [0.5, 0.6) is 0 Å². The van der Waals surface area contributed by atoms with Crippen LogP contribution in [0.2, 0.25) is 0 Å². The van der Waals surface area contributed by atoms with Gasteiger partial charge in [0.15, 0.2) is 4.77 Å². The number of benzene rings is 2. The molecule has 0 spiro atoms. The highest BCUT2D eigenvalue weighted by Gasteiger charge is 2.28. The average molecular weight is 448 g/mol. The highest BCUT2D eigenvalue weighted by atomic mass is 32.1. The Hall–Kier alpha value is -2.86. The molecular weight excluding hydrogens is 414 g/mol. The third kappa shape index (κ3) is 4.51. The summed E-state index contributed by atoms with van der Waals surface area (Å²) in [6.07, 6.45) is 2.73. The van der Waals surface area contributed by atoms with Crippen LogP contribution in [0, 0.1) is 24.0 Å². The molecule has 0 aliphatic carbocycles. The van der Waals surface area contributed by atoms with Crippen molar-refractivity contribution in [2.24, 2.45) is 5.41 Å². The number of aryl methyl sites for hydroxylation is 2. The maximum absolute atomic E-state index is 5.85. The highest BCUT2D eigenvalue weighted by molar-refractivity contribution is 7.71. The molecule has 32 heavy (non-hydrogen) atoms. The molecule has 0 fully saturated rings. The number of aromatic nitrogens is 4. The van der Waals surface area contributed by atoms with Gasteiger partial charge in [0.25, 0.3) is 0 Å². The largest absolute Gasteiger partial charge is 0.365 e. The number of anilines is 1. The Balaban J connectivity index is 1.93. The van der Waals surface area contributed by atoms with Crippen molar-refractivity contribution in [3.8, 4) is 16.9 Å². The molecule has 0 aliphatic heterocycles. The number of aromatic amines is 2. The number of H-pyrrole nitrogens is 2. The van der Waals surface area contributed by atoms with Crippen LogP contribution in [0.4, 0.5) is 5.82 Å². The van der Waals surface area contributed by atoms with Gasteiger partial charge < -0.3 is 15.3 Å². The Bertz CT molecular complexity index is 1330. The fourth-order valence-corrected chi connectivity index (χ4v) is 5.18. The van der Waals surface area contributed by atoms with Gasteiger partial charge >= 0.3 is 0 Å². The molecule has 5 nitrogen and oxygen atoms in total. The predicted octanol–water partition coefficient (Wildman–Crippen LogP) is 7.32. The molecule has 0 aliphatic rings. The first-order chi connectivity index (χ1) is 14.9. The molecule has 168 valence electrons. The van der Waals surface area contributed by atoms with E-state index in [2.05, 4.69) is 104 Å². The lowest BCUT2D eigenvalue weighted by molar-refractivity contribution is 0.302. The van der Waals surface area contributed by atoms with E-state index in [9.17, 15) is 0 Å². The van der Waals surface area contributed by atoms with Crippen molar-refractivity contribution in [1.29, 1.82) is 0 Å². The minimum absolute atomic E-state index is 0.122. The number of nitrogens with one attached hydrogen (secondary N) is 3. The van der Waals surface area contributed by atoms with E-state index >= 15 is 0 Å². The van der Waals surface area contributed by atoms with Crippen molar-refractivity contribution in [1.82, 2.24) is 19.5 Å². The zero-order valence-corrected chi connectivity index (χ0v) is 20.9. The smallest absolute Gasteiger partial charge is 0.183 e. The summed E-state index contributed by atoms with van der Waals surface area (Å²) in [4.78, 5) is 11.0. The van der Waals surface area contributed by atoms with Crippen molar-refractivity contribution >= 4 is 29.1 Å². The summed E-state index contributed by atoms with van der Waals surface area (Å²) in [5, 5.41) is 3.78. The number of nitrogens with zero attached hydrogens (tertiary/aromatic N) is 2. The quantitative estimate of drug-likeness (QED) is 0.281. The standard InChI is InChI=1S/C26H33N5S/c1-16-8-10-19(17(2)12-16)22-23(30-26(6,7)14-25(3,4)5)29-24(32)31(22)18-9-11-20-21(13-18)28-15-27-20/h8-13,15,30H,14H2,1-7H3,(H,27,28)(H,29,32). The van der Waals surface area contributed by atoms with Crippen LogP contribution in [0.1, 0.15) is 52.2 Å². The summed E-state index contributed by atoms with van der Waals surface area (Å²) in [7, 11) is 0. The van der Waals surface area contributed by atoms with Crippen molar-refractivity contribution in [2.45, 2.75) is 60.4 Å². The minimum Gasteiger partial charge on any atom is -0.365 e. The van der Waals surface area contributed by atoms with E-state index < -0.39 is 0 Å². The maximum Gasteiger partial charge on any atom is 0.183 e. The Morgan fingerprint density at radius 2 is 1.78 bits per heavy atom. The fourth-order valence-electron chi connectivity index (χ4n) is 4.88. The van der Waals surface area contributed by atoms with Crippen LogP contribution >= 0.6 is 12.2 Å². The van der Waals surface area contributed by atoms with Crippen LogP contribution in [-0.2, 0) is 0 Å². The van der Waals surface area contributed by atoms with Gasteiger partial charge in [-0.15, -0.1) is 0 Å². The molecule has 3 N–H and O–H groups in total. The Labute approximate surface area is 195 Å². The predicted molar refractivity (Wildman–Crippen MR) is 137 cm³/mol. The summed E-state index contributed by atoms with van der Waals surface area (Å²) in [5.41, 5.74) is 7.66. The topological polar surface area (TPSA) is 61.4 Å². The average Bonchev–Trinajstić information content (AvgIpc) is 3.22. The van der Waals surface area contributed by atoms with Gasteiger partial charge in [-0.1, -0.05) is 44.5 Å². The molecule has 4 aromatic rings. The number of imidazole rings is 2. The van der Waals surface area contributed by atoms with E-state index in [1.807, 2.05) is 6.07 Å². The molecule has 6 heteroatoms. The Morgan fingerprint density at radius 1 is 1.03 bits per heavy atom. The molecule has 0 bridgehead atoms. The lowest BCUT2D eigenvalue weighted by Crippen LogP contribution is -2.35. The summed E-state index contributed by atoms with van der Waals surface area (Å²) in [6.45, 7) is 15.6. The van der Waals surface area contributed by atoms with E-state index in [1.165, 1.54) is 11.1 Å². The zero-order valence-electron chi connectivity index (χ0n) is 20.1. The third-order valence-electron chi connectivity index (χ3n) is 5.63. The van der Waals surface area contributed by atoms with Gasteiger partial charge in [0.1, 0.15) is 5.82 Å². The first-order valence-electron chi connectivity index (χ1n) is 11.1. The molecule has 2 aromatic carbocycles. The van der Waals surface area contributed by atoms with E-state index in [1.54, 1.807) is 6.33 Å². The van der Waals surface area contributed by atoms with Gasteiger partial charge in [-0.25, -0.2) is 4.98 Å². The second-order valence-electron chi connectivity index (χ2n) is 10.7. The summed E-state index contributed by atoms with van der Waals surface area (Å²) in [5.74, 6) is 0.945. The monoisotopic (exact) mass is 447 g/mol. The van der Waals surface area contributed by atoms with Gasteiger partial charge in [-0.3, -0.25) is 4.57 Å². The lowest BCUT2D eigenvalue weighted by Gasteiger charge is -2.34. The number of hydrogen-bond acceptors (Lipinski definition) is 3. The maximum atomic E-state index is 5.85. The molecule has 0 amide bonds. The van der Waals surface area contributed by atoms with Gasteiger partial charge in [0.05, 0.1) is 28.7 Å². The minimum atomic E-state index is -0.122. The molecule has 0 saturated heterocycles. The summed E-state index contributed by atoms with van der Waals surface area (Å²) < 4.78 is 2.79.